The molecule has 0 aromatic heterocycles. The molecule has 0 aliphatic heterocycles. The number of nitrogens with one attached hydrogen (secondary N) is 2. The number of carbonyl (C=O) groups excluding carboxylic acids is 2. The largest absolute Gasteiger partial charge is 0.416 e. The lowest BCUT2D eigenvalue weighted by Gasteiger charge is -2.26. The third-order valence-electron chi connectivity index (χ3n) is 4.67. The fraction of sp³-hybridized carbons (Fsp3) is 0.556. The lowest BCUT2D eigenvalue weighted by atomic mass is 9.99. The lowest BCUT2D eigenvalue weighted by Crippen LogP contribution is -2.42. The topological polar surface area (TPSA) is 153 Å². The number of aliphatic hydroxyl groups is 2. The van der Waals surface area contributed by atoms with E-state index in [9.17, 15) is 59.1 Å². The zero-order chi connectivity index (χ0) is 26.8. The van der Waals surface area contributed by atoms with Gasteiger partial charge in [0.15, 0.2) is 11.2 Å². The highest BCUT2D eigenvalue weighted by atomic mass is 32.2. The number of hydrogen-bond donors (Lipinski definition) is 5. The Balaban J connectivity index is 3.01. The Kier molecular flexibility index (Phi) is 8.75. The first-order valence-corrected chi connectivity index (χ1v) is 10.8. The van der Waals surface area contributed by atoms with E-state index in [1.165, 1.54) is 0 Å². The van der Waals surface area contributed by atoms with Crippen molar-refractivity contribution in [3.8, 4) is 0 Å². The smallest absolute Gasteiger partial charge is 0.381 e. The van der Waals surface area contributed by atoms with Gasteiger partial charge in [0.2, 0.25) is 11.8 Å². The van der Waals surface area contributed by atoms with Gasteiger partial charge in [0, 0.05) is 24.2 Å². The maximum Gasteiger partial charge on any atom is 0.416 e. The summed E-state index contributed by atoms with van der Waals surface area (Å²) in [4.78, 5) is 23.1. The highest BCUT2D eigenvalue weighted by molar-refractivity contribution is 7.85. The second-order valence-corrected chi connectivity index (χ2v) is 9.28. The molecule has 0 heterocycles. The zero-order valence-corrected chi connectivity index (χ0v) is 18.5. The number of hydrogen-bond acceptors (Lipinski definition) is 6. The molecule has 9 nitrogen and oxygen atoms in total. The van der Waals surface area contributed by atoms with Gasteiger partial charge < -0.3 is 20.8 Å². The molecule has 2 atom stereocenters. The van der Waals surface area contributed by atoms with Gasteiger partial charge in [0.05, 0.1) is 4.90 Å². The molecule has 0 saturated heterocycles. The lowest BCUT2D eigenvalue weighted by molar-refractivity contribution is -0.255. The summed E-state index contributed by atoms with van der Waals surface area (Å²) in [5.74, 6) is -2.17. The van der Waals surface area contributed by atoms with Gasteiger partial charge >= 0.3 is 12.4 Å². The third kappa shape index (κ3) is 8.41. The van der Waals surface area contributed by atoms with Gasteiger partial charge in [0.25, 0.3) is 10.1 Å². The van der Waals surface area contributed by atoms with Gasteiger partial charge in [0.1, 0.15) is 0 Å². The molecule has 1 rings (SSSR count). The van der Waals surface area contributed by atoms with Gasteiger partial charge in [-0.15, -0.1) is 0 Å². The highest BCUT2D eigenvalue weighted by Crippen LogP contribution is 2.34. The van der Waals surface area contributed by atoms with Crippen molar-refractivity contribution in [2.45, 2.75) is 68.0 Å². The van der Waals surface area contributed by atoms with Crippen LogP contribution in [0.1, 0.15) is 39.5 Å². The average Bonchev–Trinajstić information content (AvgIpc) is 2.62. The number of amides is 2. The van der Waals surface area contributed by atoms with E-state index in [2.05, 4.69) is 0 Å². The second kappa shape index (κ2) is 10.1. The van der Waals surface area contributed by atoms with Crippen LogP contribution in [0.25, 0.3) is 0 Å². The Morgan fingerprint density at radius 3 is 1.38 bits per heavy atom. The summed E-state index contributed by atoms with van der Waals surface area (Å²) in [7, 11) is -4.91. The van der Waals surface area contributed by atoms with Crippen LogP contribution in [0.4, 0.5) is 37.7 Å². The van der Waals surface area contributed by atoms with E-state index in [0.29, 0.717) is 26.0 Å². The van der Waals surface area contributed by atoms with Crippen molar-refractivity contribution >= 4 is 33.3 Å². The molecule has 0 bridgehead atoms. The van der Waals surface area contributed by atoms with Crippen LogP contribution in [0.3, 0.4) is 0 Å². The first-order chi connectivity index (χ1) is 15.0. The Morgan fingerprint density at radius 2 is 1.12 bits per heavy atom. The zero-order valence-electron chi connectivity index (χ0n) is 17.7. The summed E-state index contributed by atoms with van der Waals surface area (Å²) in [6.07, 6.45) is -13.8. The molecule has 0 spiro atoms. The van der Waals surface area contributed by atoms with Crippen LogP contribution in [0, 0.1) is 0 Å². The van der Waals surface area contributed by atoms with E-state index in [4.69, 9.17) is 0 Å². The SMILES string of the molecule is CC(O)(CCC(=O)Nc1cc(NC(=O)CCC(C)(O)C(F)(F)F)cc(S(=O)(=O)O)c1)C(F)(F)F. The molecule has 2 unspecified atom stereocenters. The van der Waals surface area contributed by atoms with Gasteiger partial charge in [-0.1, -0.05) is 0 Å². The summed E-state index contributed by atoms with van der Waals surface area (Å²) in [6, 6.07) is 2.34. The molecule has 1 aromatic rings. The summed E-state index contributed by atoms with van der Waals surface area (Å²) < 4.78 is 108. The van der Waals surface area contributed by atoms with E-state index < -0.39 is 87.4 Å². The van der Waals surface area contributed by atoms with E-state index in [1.807, 2.05) is 10.6 Å². The summed E-state index contributed by atoms with van der Waals surface area (Å²) in [6.45, 7) is 0.895. The minimum absolute atomic E-state index is 0.399. The maximum absolute atomic E-state index is 12.7. The summed E-state index contributed by atoms with van der Waals surface area (Å²) in [5.41, 5.74) is -7.16. The van der Waals surface area contributed by atoms with Crippen molar-refractivity contribution in [2.75, 3.05) is 10.6 Å². The predicted molar refractivity (Wildman–Crippen MR) is 105 cm³/mol. The number of rotatable bonds is 9. The van der Waals surface area contributed by atoms with Crippen LogP contribution in [0.15, 0.2) is 23.1 Å². The molecule has 5 N–H and O–H groups in total. The fourth-order valence-electron chi connectivity index (χ4n) is 2.34. The van der Waals surface area contributed by atoms with Crippen molar-refractivity contribution in [3.63, 3.8) is 0 Å². The molecule has 34 heavy (non-hydrogen) atoms. The van der Waals surface area contributed by atoms with E-state index in [1.54, 1.807) is 0 Å². The van der Waals surface area contributed by atoms with Crippen molar-refractivity contribution in [3.05, 3.63) is 18.2 Å². The van der Waals surface area contributed by atoms with Crippen molar-refractivity contribution in [2.24, 2.45) is 0 Å². The number of carbonyl (C=O) groups is 2. The number of halogens is 6. The van der Waals surface area contributed by atoms with Crippen LogP contribution in [-0.2, 0) is 19.7 Å². The van der Waals surface area contributed by atoms with Crippen LogP contribution in [0.5, 0.6) is 0 Å². The Bertz CT molecular complexity index is 958. The number of alkyl halides is 6. The molecule has 16 heteroatoms. The van der Waals surface area contributed by atoms with Crippen LogP contribution < -0.4 is 10.6 Å². The monoisotopic (exact) mass is 524 g/mol. The molecule has 0 saturated carbocycles. The molecular formula is C18H22F6N2O7S. The average molecular weight is 524 g/mol. The van der Waals surface area contributed by atoms with Crippen LogP contribution in [-0.4, -0.2) is 58.6 Å². The molecule has 194 valence electrons. The highest BCUT2D eigenvalue weighted by Gasteiger charge is 2.50. The first kappa shape index (κ1) is 29.6. The Morgan fingerprint density at radius 1 is 0.794 bits per heavy atom. The van der Waals surface area contributed by atoms with Crippen LogP contribution in [0.2, 0.25) is 0 Å². The van der Waals surface area contributed by atoms with Gasteiger partial charge in [-0.2, -0.15) is 34.8 Å². The molecule has 2 amide bonds. The Labute approximate surface area is 189 Å². The normalized spacial score (nSPS) is 16.3. The minimum Gasteiger partial charge on any atom is -0.381 e. The van der Waals surface area contributed by atoms with Gasteiger partial charge in [-0.3, -0.25) is 14.1 Å². The molecule has 0 aliphatic rings. The quantitative estimate of drug-likeness (QED) is 0.246. The van der Waals surface area contributed by atoms with E-state index in [-0.39, 0.29) is 0 Å². The van der Waals surface area contributed by atoms with Gasteiger partial charge in [-0.05, 0) is 44.9 Å². The molecule has 0 fully saturated rings. The van der Waals surface area contributed by atoms with E-state index in [0.717, 1.165) is 6.07 Å². The number of benzene rings is 1. The standard InChI is InChI=1S/C18H22F6N2O7S/c1-15(29,17(19,20)21)5-3-13(27)25-10-7-11(9-12(8-10)34(31,32)33)26-14(28)4-6-16(2,30)18(22,23)24/h7-9,29-30H,3-6H2,1-2H3,(H,25,27)(H,26,28)(H,31,32,33). The van der Waals surface area contributed by atoms with Crippen LogP contribution >= 0.6 is 0 Å². The predicted octanol–water partition coefficient (Wildman–Crippen LogP) is 3.00. The third-order valence-corrected chi connectivity index (χ3v) is 5.50. The van der Waals surface area contributed by atoms with E-state index >= 15 is 0 Å². The summed E-state index contributed by atoms with van der Waals surface area (Å²) >= 11 is 0. The minimum atomic E-state index is -5.02. The molecule has 0 aliphatic carbocycles. The molecular weight excluding hydrogens is 502 g/mol. The van der Waals surface area contributed by atoms with Gasteiger partial charge in [-0.25, -0.2) is 0 Å². The molecule has 1 aromatic carbocycles. The maximum atomic E-state index is 12.7. The van der Waals surface area contributed by atoms with Crippen molar-refractivity contribution in [1.29, 1.82) is 0 Å². The second-order valence-electron chi connectivity index (χ2n) is 7.86. The first-order valence-electron chi connectivity index (χ1n) is 9.36. The summed E-state index contributed by atoms with van der Waals surface area (Å²) in [5, 5.41) is 22.8. The molecule has 0 radical (unpaired) electrons. The van der Waals surface area contributed by atoms with Crippen molar-refractivity contribution < 1.29 is 59.1 Å². The number of anilines is 2. The van der Waals surface area contributed by atoms with Crippen molar-refractivity contribution in [1.82, 2.24) is 0 Å². The fourth-order valence-corrected chi connectivity index (χ4v) is 2.89. The Hall–Kier alpha value is -2.43.